The molecule has 1 N–H and O–H groups in total. The molecular formula is C17H25NO. The van der Waals surface area contributed by atoms with Crippen LogP contribution in [0.3, 0.4) is 0 Å². The lowest BCUT2D eigenvalue weighted by molar-refractivity contribution is 0.0421. The molecule has 0 amide bonds. The summed E-state index contributed by atoms with van der Waals surface area (Å²) >= 11 is 0. The number of hydrogen-bond donors (Lipinski definition) is 1. The minimum atomic E-state index is -0.565. The van der Waals surface area contributed by atoms with Crippen LogP contribution < -0.4 is 0 Å². The van der Waals surface area contributed by atoms with Crippen molar-refractivity contribution in [1.82, 2.24) is 4.90 Å². The van der Waals surface area contributed by atoms with Crippen molar-refractivity contribution in [3.63, 3.8) is 0 Å². The van der Waals surface area contributed by atoms with Crippen LogP contribution in [0.2, 0.25) is 0 Å². The van der Waals surface area contributed by atoms with Gasteiger partial charge >= 0.3 is 0 Å². The van der Waals surface area contributed by atoms with Gasteiger partial charge in [0.05, 0.1) is 5.60 Å². The fraction of sp³-hybridized carbons (Fsp3) is 0.647. The second kappa shape index (κ2) is 5.26. The smallest absolute Gasteiger partial charge is 0.0899 e. The predicted molar refractivity (Wildman–Crippen MR) is 78.0 cm³/mol. The standard InChI is InChI=1S/C17H25NO/c1-14(18-12-6-7-13-18)15-8-2-3-9-16(15)17(19)10-4-5-11-17/h2-3,8-9,14,19H,4-7,10-13H2,1H3/t14-/m1/s1. The first-order valence-corrected chi connectivity index (χ1v) is 7.76. The Kier molecular flexibility index (Phi) is 3.64. The van der Waals surface area contributed by atoms with Crippen molar-refractivity contribution in [2.45, 2.75) is 57.1 Å². The molecule has 2 heteroatoms. The molecule has 2 aliphatic rings. The van der Waals surface area contributed by atoms with Crippen LogP contribution in [0.5, 0.6) is 0 Å². The second-order valence-corrected chi connectivity index (χ2v) is 6.24. The summed E-state index contributed by atoms with van der Waals surface area (Å²) in [6, 6.07) is 8.99. The topological polar surface area (TPSA) is 23.5 Å². The molecule has 2 fully saturated rings. The van der Waals surface area contributed by atoms with Crippen LogP contribution in [0, 0.1) is 0 Å². The van der Waals surface area contributed by atoms with E-state index in [0.717, 1.165) is 25.7 Å². The van der Waals surface area contributed by atoms with E-state index in [1.54, 1.807) is 0 Å². The zero-order valence-corrected chi connectivity index (χ0v) is 11.9. The minimum absolute atomic E-state index is 0.434. The molecule has 1 saturated carbocycles. The van der Waals surface area contributed by atoms with E-state index in [4.69, 9.17) is 0 Å². The van der Waals surface area contributed by atoms with Gasteiger partial charge in [0.15, 0.2) is 0 Å². The quantitative estimate of drug-likeness (QED) is 0.896. The van der Waals surface area contributed by atoms with Gasteiger partial charge in [0.2, 0.25) is 0 Å². The van der Waals surface area contributed by atoms with Gasteiger partial charge in [0, 0.05) is 6.04 Å². The third-order valence-electron chi connectivity index (χ3n) is 5.03. The minimum Gasteiger partial charge on any atom is -0.385 e. The van der Waals surface area contributed by atoms with E-state index in [1.807, 2.05) is 0 Å². The van der Waals surface area contributed by atoms with E-state index in [0.29, 0.717) is 6.04 Å². The molecule has 1 aromatic carbocycles. The highest BCUT2D eigenvalue weighted by molar-refractivity contribution is 5.35. The van der Waals surface area contributed by atoms with Crippen LogP contribution in [0.4, 0.5) is 0 Å². The molecule has 1 aromatic rings. The molecule has 0 spiro atoms. The summed E-state index contributed by atoms with van der Waals surface area (Å²) in [5, 5.41) is 10.9. The molecule has 2 nitrogen and oxygen atoms in total. The molecule has 104 valence electrons. The van der Waals surface area contributed by atoms with Crippen LogP contribution in [0.25, 0.3) is 0 Å². The fourth-order valence-electron chi connectivity index (χ4n) is 3.84. The van der Waals surface area contributed by atoms with Crippen molar-refractivity contribution >= 4 is 0 Å². The summed E-state index contributed by atoms with van der Waals surface area (Å²) in [5.74, 6) is 0. The zero-order valence-electron chi connectivity index (χ0n) is 11.9. The van der Waals surface area contributed by atoms with Gasteiger partial charge in [-0.1, -0.05) is 37.1 Å². The monoisotopic (exact) mass is 259 g/mol. The number of aliphatic hydroxyl groups is 1. The van der Waals surface area contributed by atoms with E-state index in [2.05, 4.69) is 36.1 Å². The predicted octanol–water partition coefficient (Wildman–Crippen LogP) is 3.61. The molecule has 3 rings (SSSR count). The highest BCUT2D eigenvalue weighted by atomic mass is 16.3. The van der Waals surface area contributed by atoms with Crippen molar-refractivity contribution in [2.75, 3.05) is 13.1 Å². The van der Waals surface area contributed by atoms with Crippen molar-refractivity contribution < 1.29 is 5.11 Å². The molecule has 0 radical (unpaired) electrons. The van der Waals surface area contributed by atoms with E-state index in [-0.39, 0.29) is 0 Å². The molecule has 1 saturated heterocycles. The molecule has 1 heterocycles. The van der Waals surface area contributed by atoms with Crippen molar-refractivity contribution in [3.8, 4) is 0 Å². The summed E-state index contributed by atoms with van der Waals surface area (Å²) in [5.41, 5.74) is 1.96. The lowest BCUT2D eigenvalue weighted by Gasteiger charge is -2.31. The lowest BCUT2D eigenvalue weighted by atomic mass is 9.86. The Morgan fingerprint density at radius 3 is 2.37 bits per heavy atom. The molecule has 0 bridgehead atoms. The number of nitrogens with zero attached hydrogens (tertiary/aromatic N) is 1. The van der Waals surface area contributed by atoms with Gasteiger partial charge in [-0.25, -0.2) is 0 Å². The highest BCUT2D eigenvalue weighted by Gasteiger charge is 2.36. The first kappa shape index (κ1) is 13.1. The van der Waals surface area contributed by atoms with Gasteiger partial charge < -0.3 is 5.11 Å². The van der Waals surface area contributed by atoms with E-state index in [9.17, 15) is 5.11 Å². The largest absolute Gasteiger partial charge is 0.385 e. The Balaban J connectivity index is 1.92. The average molecular weight is 259 g/mol. The third kappa shape index (κ3) is 2.44. The number of rotatable bonds is 3. The summed E-state index contributed by atoms with van der Waals surface area (Å²) < 4.78 is 0. The molecular weight excluding hydrogens is 234 g/mol. The molecule has 19 heavy (non-hydrogen) atoms. The summed E-state index contributed by atoms with van der Waals surface area (Å²) in [4.78, 5) is 2.55. The van der Waals surface area contributed by atoms with Crippen LogP contribution in [0.15, 0.2) is 24.3 Å². The zero-order chi connectivity index (χ0) is 13.3. The first-order valence-electron chi connectivity index (χ1n) is 7.76. The van der Waals surface area contributed by atoms with Crippen LogP contribution >= 0.6 is 0 Å². The van der Waals surface area contributed by atoms with E-state index < -0.39 is 5.60 Å². The first-order chi connectivity index (χ1) is 9.21. The highest BCUT2D eigenvalue weighted by Crippen LogP contribution is 2.42. The Morgan fingerprint density at radius 1 is 1.05 bits per heavy atom. The van der Waals surface area contributed by atoms with Crippen LogP contribution in [-0.4, -0.2) is 23.1 Å². The van der Waals surface area contributed by atoms with Crippen molar-refractivity contribution in [2.24, 2.45) is 0 Å². The van der Waals surface area contributed by atoms with Gasteiger partial charge in [0.1, 0.15) is 0 Å². The van der Waals surface area contributed by atoms with E-state index >= 15 is 0 Å². The second-order valence-electron chi connectivity index (χ2n) is 6.24. The fourth-order valence-corrected chi connectivity index (χ4v) is 3.84. The normalized spacial score (nSPS) is 24.7. The summed E-state index contributed by atoms with van der Waals surface area (Å²) in [6.45, 7) is 4.70. The SMILES string of the molecule is C[C@H](c1ccccc1C1(O)CCCC1)N1CCCC1. The third-order valence-corrected chi connectivity index (χ3v) is 5.03. The van der Waals surface area contributed by atoms with E-state index in [1.165, 1.54) is 37.1 Å². The molecule has 0 aromatic heterocycles. The summed E-state index contributed by atoms with van der Waals surface area (Å²) in [7, 11) is 0. The Morgan fingerprint density at radius 2 is 1.68 bits per heavy atom. The van der Waals surface area contributed by atoms with Gasteiger partial charge in [-0.2, -0.15) is 0 Å². The molecule has 1 aliphatic heterocycles. The molecule has 1 atom stereocenters. The number of hydrogen-bond acceptors (Lipinski definition) is 2. The van der Waals surface area contributed by atoms with Crippen molar-refractivity contribution in [1.29, 1.82) is 0 Å². The lowest BCUT2D eigenvalue weighted by Crippen LogP contribution is -2.28. The Bertz CT molecular complexity index is 431. The number of likely N-dealkylation sites (tertiary alicyclic amines) is 1. The van der Waals surface area contributed by atoms with Gasteiger partial charge in [0.25, 0.3) is 0 Å². The number of benzene rings is 1. The van der Waals surface area contributed by atoms with Crippen LogP contribution in [0.1, 0.15) is 62.6 Å². The Labute approximate surface area is 116 Å². The summed E-state index contributed by atoms with van der Waals surface area (Å²) in [6.07, 6.45) is 6.80. The maximum Gasteiger partial charge on any atom is 0.0899 e. The van der Waals surface area contributed by atoms with Crippen LogP contribution in [-0.2, 0) is 5.60 Å². The average Bonchev–Trinajstić information content (AvgIpc) is 3.10. The molecule has 1 aliphatic carbocycles. The van der Waals surface area contributed by atoms with Gasteiger partial charge in [-0.05, 0) is 56.8 Å². The van der Waals surface area contributed by atoms with Gasteiger partial charge in [-0.15, -0.1) is 0 Å². The maximum absolute atomic E-state index is 10.9. The van der Waals surface area contributed by atoms with Crippen molar-refractivity contribution in [3.05, 3.63) is 35.4 Å². The van der Waals surface area contributed by atoms with Gasteiger partial charge in [-0.3, -0.25) is 4.90 Å². The maximum atomic E-state index is 10.9. The Hall–Kier alpha value is -0.860. The molecule has 0 unspecified atom stereocenters.